The zero-order chi connectivity index (χ0) is 17.7. The summed E-state index contributed by atoms with van der Waals surface area (Å²) in [7, 11) is -3.92. The number of thiocarbonyl (C=S) groups is 1. The van der Waals surface area contributed by atoms with E-state index in [1.54, 1.807) is 6.08 Å². The normalized spacial score (nSPS) is 15.8. The highest BCUT2D eigenvalue weighted by Gasteiger charge is 2.33. The summed E-state index contributed by atoms with van der Waals surface area (Å²) in [4.78, 5) is 12.0. The Labute approximate surface area is 145 Å². The summed E-state index contributed by atoms with van der Waals surface area (Å²) >= 11 is 5.23. The Bertz CT molecular complexity index is 743. The van der Waals surface area contributed by atoms with Crippen LogP contribution in [0.2, 0.25) is 0 Å². The van der Waals surface area contributed by atoms with E-state index >= 15 is 0 Å². The first-order chi connectivity index (χ1) is 11.4. The molecule has 10 heteroatoms. The topological polar surface area (TPSA) is 95.8 Å². The highest BCUT2D eigenvalue weighted by Crippen LogP contribution is 2.26. The fourth-order valence-corrected chi connectivity index (χ4v) is 4.21. The second-order valence-corrected chi connectivity index (χ2v) is 7.38. The number of nitro benzene ring substituents is 1. The summed E-state index contributed by atoms with van der Waals surface area (Å²) < 4.78 is 26.7. The number of nitro groups is 1. The third-order valence-corrected chi connectivity index (χ3v) is 5.95. The molecule has 130 valence electrons. The van der Waals surface area contributed by atoms with Crippen LogP contribution < -0.4 is 5.32 Å². The molecule has 0 unspecified atom stereocenters. The molecule has 1 heterocycles. The molecule has 1 aromatic rings. The van der Waals surface area contributed by atoms with Gasteiger partial charge in [-0.15, -0.1) is 6.58 Å². The molecule has 8 nitrogen and oxygen atoms in total. The number of rotatable bonds is 5. The summed E-state index contributed by atoms with van der Waals surface area (Å²) in [5, 5.41) is 14.6. The van der Waals surface area contributed by atoms with Gasteiger partial charge in [-0.05, 0) is 18.3 Å². The number of nitrogens with zero attached hydrogens (tertiary/aromatic N) is 3. The van der Waals surface area contributed by atoms with E-state index in [1.807, 2.05) is 4.90 Å². The number of sulfonamides is 1. The average Bonchev–Trinajstić information content (AvgIpc) is 2.59. The maximum absolute atomic E-state index is 12.7. The molecule has 1 aliphatic rings. The maximum atomic E-state index is 12.7. The van der Waals surface area contributed by atoms with Crippen LogP contribution in [-0.4, -0.2) is 60.4 Å². The van der Waals surface area contributed by atoms with Crippen LogP contribution in [0, 0.1) is 10.1 Å². The third kappa shape index (κ3) is 3.89. The molecule has 0 atom stereocenters. The van der Waals surface area contributed by atoms with Crippen molar-refractivity contribution in [2.24, 2.45) is 0 Å². The van der Waals surface area contributed by atoms with Crippen molar-refractivity contribution >= 4 is 33.0 Å². The van der Waals surface area contributed by atoms with Crippen molar-refractivity contribution in [3.63, 3.8) is 0 Å². The van der Waals surface area contributed by atoms with E-state index in [1.165, 1.54) is 28.6 Å². The Morgan fingerprint density at radius 2 is 1.96 bits per heavy atom. The largest absolute Gasteiger partial charge is 0.359 e. The first-order valence-corrected chi connectivity index (χ1v) is 9.10. The second kappa shape index (κ2) is 7.69. The van der Waals surface area contributed by atoms with Crippen LogP contribution >= 0.6 is 12.2 Å². The van der Waals surface area contributed by atoms with Gasteiger partial charge in [0.1, 0.15) is 0 Å². The van der Waals surface area contributed by atoms with Gasteiger partial charge < -0.3 is 10.2 Å². The summed E-state index contributed by atoms with van der Waals surface area (Å²) in [6, 6.07) is 5.37. The molecular weight excluding hydrogens is 352 g/mol. The van der Waals surface area contributed by atoms with Crippen molar-refractivity contribution in [3.05, 3.63) is 47.0 Å². The van der Waals surface area contributed by atoms with E-state index in [-0.39, 0.29) is 18.0 Å². The first kappa shape index (κ1) is 18.3. The quantitative estimate of drug-likeness (QED) is 0.357. The number of nitrogens with one attached hydrogen (secondary N) is 1. The number of piperazine rings is 1. The lowest BCUT2D eigenvalue weighted by Gasteiger charge is -2.35. The molecule has 1 aliphatic heterocycles. The van der Waals surface area contributed by atoms with Crippen molar-refractivity contribution < 1.29 is 13.3 Å². The fourth-order valence-electron chi connectivity index (χ4n) is 2.37. The van der Waals surface area contributed by atoms with Crippen LogP contribution in [0.3, 0.4) is 0 Å². The predicted octanol–water partition coefficient (Wildman–Crippen LogP) is 0.962. The fraction of sp³-hybridized carbons (Fsp3) is 0.357. The zero-order valence-corrected chi connectivity index (χ0v) is 14.6. The Morgan fingerprint density at radius 3 is 2.54 bits per heavy atom. The molecule has 0 radical (unpaired) electrons. The van der Waals surface area contributed by atoms with Gasteiger partial charge in [0.2, 0.25) is 10.0 Å². The summed E-state index contributed by atoms with van der Waals surface area (Å²) in [5.74, 6) is 0. The molecule has 0 bridgehead atoms. The number of benzene rings is 1. The molecule has 0 saturated carbocycles. The van der Waals surface area contributed by atoms with Gasteiger partial charge in [-0.2, -0.15) is 4.31 Å². The van der Waals surface area contributed by atoms with Gasteiger partial charge in [0, 0.05) is 38.8 Å². The molecule has 1 saturated heterocycles. The maximum Gasteiger partial charge on any atom is 0.289 e. The standard InChI is InChI=1S/C14H18N4O4S2/c1-2-7-15-14(23)16-8-10-17(11-9-16)24(21,22)13-6-4-3-5-12(13)18(19)20/h2-6H,1,7-11H2,(H,15,23). The lowest BCUT2D eigenvalue weighted by Crippen LogP contribution is -2.53. The Balaban J connectivity index is 2.12. The third-order valence-electron chi connectivity index (χ3n) is 3.60. The van der Waals surface area contributed by atoms with Crippen LogP contribution in [0.4, 0.5) is 5.69 Å². The van der Waals surface area contributed by atoms with E-state index in [0.29, 0.717) is 24.7 Å². The number of para-hydroxylation sites is 1. The van der Waals surface area contributed by atoms with E-state index in [9.17, 15) is 18.5 Å². The molecule has 0 aromatic heterocycles. The van der Waals surface area contributed by atoms with Crippen molar-refractivity contribution in [1.29, 1.82) is 0 Å². The zero-order valence-electron chi connectivity index (χ0n) is 12.9. The average molecular weight is 370 g/mol. The van der Waals surface area contributed by atoms with Gasteiger partial charge in [-0.3, -0.25) is 10.1 Å². The highest BCUT2D eigenvalue weighted by atomic mass is 32.2. The molecular formula is C14H18N4O4S2. The van der Waals surface area contributed by atoms with Crippen LogP contribution in [-0.2, 0) is 10.0 Å². The Morgan fingerprint density at radius 1 is 1.33 bits per heavy atom. The predicted molar refractivity (Wildman–Crippen MR) is 94.2 cm³/mol. The minimum Gasteiger partial charge on any atom is -0.359 e. The van der Waals surface area contributed by atoms with E-state index in [2.05, 4.69) is 11.9 Å². The van der Waals surface area contributed by atoms with Gasteiger partial charge in [-0.1, -0.05) is 18.2 Å². The number of hydrogen-bond donors (Lipinski definition) is 1. The van der Waals surface area contributed by atoms with Gasteiger partial charge in [0.05, 0.1) is 4.92 Å². The highest BCUT2D eigenvalue weighted by molar-refractivity contribution is 7.89. The monoisotopic (exact) mass is 370 g/mol. The van der Waals surface area contributed by atoms with Crippen molar-refractivity contribution in [1.82, 2.24) is 14.5 Å². The minimum atomic E-state index is -3.92. The van der Waals surface area contributed by atoms with Crippen molar-refractivity contribution in [3.8, 4) is 0 Å². The Kier molecular flexibility index (Phi) is 5.86. The van der Waals surface area contributed by atoms with Gasteiger partial charge in [0.25, 0.3) is 5.69 Å². The minimum absolute atomic E-state index is 0.213. The molecule has 24 heavy (non-hydrogen) atoms. The lowest BCUT2D eigenvalue weighted by molar-refractivity contribution is -0.387. The summed E-state index contributed by atoms with van der Waals surface area (Å²) in [6.07, 6.45) is 1.68. The summed E-state index contributed by atoms with van der Waals surface area (Å²) in [6.45, 7) is 5.39. The number of hydrogen-bond acceptors (Lipinski definition) is 5. The second-order valence-electron chi connectivity index (χ2n) is 5.09. The van der Waals surface area contributed by atoms with Crippen LogP contribution in [0.5, 0.6) is 0 Å². The van der Waals surface area contributed by atoms with E-state index in [4.69, 9.17) is 12.2 Å². The van der Waals surface area contributed by atoms with Crippen LogP contribution in [0.15, 0.2) is 41.8 Å². The Hall–Kier alpha value is -2.04. The smallest absolute Gasteiger partial charge is 0.289 e. The van der Waals surface area contributed by atoms with E-state index < -0.39 is 20.6 Å². The van der Waals surface area contributed by atoms with Gasteiger partial charge >= 0.3 is 0 Å². The SMILES string of the molecule is C=CCNC(=S)N1CCN(S(=O)(=O)c2ccccc2[N+](=O)[O-])CC1. The van der Waals surface area contributed by atoms with Crippen molar-refractivity contribution in [2.75, 3.05) is 32.7 Å². The van der Waals surface area contributed by atoms with Crippen molar-refractivity contribution in [2.45, 2.75) is 4.90 Å². The lowest BCUT2D eigenvalue weighted by atomic mass is 10.3. The molecule has 1 aromatic carbocycles. The first-order valence-electron chi connectivity index (χ1n) is 7.25. The van der Waals surface area contributed by atoms with Gasteiger partial charge in [0.15, 0.2) is 10.0 Å². The van der Waals surface area contributed by atoms with E-state index in [0.717, 1.165) is 0 Å². The molecule has 0 spiro atoms. The molecule has 0 aliphatic carbocycles. The molecule has 1 fully saturated rings. The van der Waals surface area contributed by atoms with Crippen LogP contribution in [0.25, 0.3) is 0 Å². The van der Waals surface area contributed by atoms with Gasteiger partial charge in [-0.25, -0.2) is 8.42 Å². The molecule has 0 amide bonds. The molecule has 1 N–H and O–H groups in total. The van der Waals surface area contributed by atoms with Crippen LogP contribution in [0.1, 0.15) is 0 Å². The summed E-state index contributed by atoms with van der Waals surface area (Å²) in [5.41, 5.74) is -0.414. The molecule has 2 rings (SSSR count).